The van der Waals surface area contributed by atoms with Gasteiger partial charge in [0.25, 0.3) is 5.56 Å². The zero-order valence-electron chi connectivity index (χ0n) is 12.4. The number of fused-ring (bicyclic) bond motifs is 1. The number of nitrogens with zero attached hydrogens (tertiary/aromatic N) is 2. The molecule has 0 aliphatic carbocycles. The Bertz CT molecular complexity index is 867. The number of thioether (sulfide) groups is 1. The summed E-state index contributed by atoms with van der Waals surface area (Å²) in [7, 11) is 1.76. The van der Waals surface area contributed by atoms with E-state index in [1.54, 1.807) is 29.8 Å². The third kappa shape index (κ3) is 2.75. The second-order valence-corrected chi connectivity index (χ2v) is 6.73. The lowest BCUT2D eigenvalue weighted by Gasteiger charge is -2.28. The van der Waals surface area contributed by atoms with Crippen LogP contribution in [0.25, 0.3) is 0 Å². The molecule has 8 heteroatoms. The number of rotatable bonds is 2. The molecule has 0 unspecified atom stereocenters. The monoisotopic (exact) mass is 369 g/mol. The fraction of sp³-hybridized carbons (Fsp3) is 0.267. The highest BCUT2D eigenvalue weighted by Gasteiger charge is 2.33. The van der Waals surface area contributed by atoms with Gasteiger partial charge < -0.3 is 9.88 Å². The van der Waals surface area contributed by atoms with Crippen molar-refractivity contribution in [3.05, 3.63) is 49.7 Å². The minimum atomic E-state index is -0.466. The van der Waals surface area contributed by atoms with Crippen LogP contribution < -0.4 is 10.9 Å². The van der Waals surface area contributed by atoms with Crippen molar-refractivity contribution in [2.24, 2.45) is 7.05 Å². The number of nitrogens with one attached hydrogen (secondary N) is 1. The van der Waals surface area contributed by atoms with Crippen molar-refractivity contribution < 1.29 is 4.79 Å². The second-order valence-electron chi connectivity index (χ2n) is 5.17. The number of aromatic nitrogens is 2. The quantitative estimate of drug-likeness (QED) is 0.651. The van der Waals surface area contributed by atoms with Crippen LogP contribution in [0.15, 0.2) is 28.2 Å². The largest absolute Gasteiger partial charge is 0.312 e. The first kappa shape index (κ1) is 16.4. The third-order valence-corrected chi connectivity index (χ3v) is 5.40. The van der Waals surface area contributed by atoms with E-state index in [4.69, 9.17) is 23.2 Å². The number of hydrogen-bond acceptors (Lipinski definition) is 4. The molecule has 0 spiro atoms. The summed E-state index contributed by atoms with van der Waals surface area (Å²) in [6.07, 6.45) is 1.95. The molecule has 2 aromatic rings. The van der Waals surface area contributed by atoms with Crippen LogP contribution in [0, 0.1) is 0 Å². The van der Waals surface area contributed by atoms with Gasteiger partial charge in [0, 0.05) is 19.4 Å². The van der Waals surface area contributed by atoms with Crippen molar-refractivity contribution in [3.8, 4) is 0 Å². The van der Waals surface area contributed by atoms with E-state index in [1.807, 2.05) is 6.26 Å². The predicted molar refractivity (Wildman–Crippen MR) is 92.8 cm³/mol. The van der Waals surface area contributed by atoms with E-state index in [2.05, 4.69) is 10.3 Å². The van der Waals surface area contributed by atoms with E-state index < -0.39 is 5.92 Å². The van der Waals surface area contributed by atoms with E-state index in [0.717, 1.165) is 0 Å². The fourth-order valence-corrected chi connectivity index (χ4v) is 3.75. The first-order valence-corrected chi connectivity index (χ1v) is 8.80. The molecule has 1 aliphatic rings. The van der Waals surface area contributed by atoms with Gasteiger partial charge in [-0.2, -0.15) is 4.98 Å². The summed E-state index contributed by atoms with van der Waals surface area (Å²) in [5.41, 5.74) is 0.739. The average molecular weight is 370 g/mol. The Morgan fingerprint density at radius 1 is 1.35 bits per heavy atom. The molecule has 1 atom stereocenters. The van der Waals surface area contributed by atoms with Crippen LogP contribution in [-0.4, -0.2) is 21.7 Å². The highest BCUT2D eigenvalue weighted by molar-refractivity contribution is 7.98. The van der Waals surface area contributed by atoms with E-state index in [-0.39, 0.29) is 17.9 Å². The number of anilines is 1. The van der Waals surface area contributed by atoms with Crippen LogP contribution in [-0.2, 0) is 11.8 Å². The Morgan fingerprint density at radius 2 is 2.09 bits per heavy atom. The fourth-order valence-electron chi connectivity index (χ4n) is 2.77. The van der Waals surface area contributed by atoms with Gasteiger partial charge in [0.15, 0.2) is 5.16 Å². The Kier molecular flexibility index (Phi) is 4.40. The highest BCUT2D eigenvalue weighted by atomic mass is 35.5. The lowest BCUT2D eigenvalue weighted by atomic mass is 9.86. The van der Waals surface area contributed by atoms with Crippen LogP contribution in [0.3, 0.4) is 0 Å². The van der Waals surface area contributed by atoms with Crippen LogP contribution >= 0.6 is 35.0 Å². The lowest BCUT2D eigenvalue weighted by molar-refractivity contribution is -0.116. The molecule has 5 nitrogen and oxygen atoms in total. The first-order valence-electron chi connectivity index (χ1n) is 6.82. The molecule has 1 aromatic carbocycles. The van der Waals surface area contributed by atoms with Gasteiger partial charge in [0.1, 0.15) is 5.82 Å². The maximum absolute atomic E-state index is 12.5. The number of amides is 1. The van der Waals surface area contributed by atoms with Crippen LogP contribution in [0.2, 0.25) is 10.0 Å². The molecule has 2 heterocycles. The maximum atomic E-state index is 12.5. The number of carbonyl (C=O) groups is 1. The van der Waals surface area contributed by atoms with Gasteiger partial charge in [-0.15, -0.1) is 0 Å². The molecular formula is C15H13Cl2N3O2S. The number of benzene rings is 1. The van der Waals surface area contributed by atoms with Gasteiger partial charge in [-0.05, 0) is 17.9 Å². The van der Waals surface area contributed by atoms with Gasteiger partial charge in [0.05, 0.1) is 15.6 Å². The topological polar surface area (TPSA) is 64.0 Å². The summed E-state index contributed by atoms with van der Waals surface area (Å²) in [6, 6.07) is 5.21. The van der Waals surface area contributed by atoms with Gasteiger partial charge in [-0.1, -0.05) is 47.1 Å². The molecule has 3 rings (SSSR count). The van der Waals surface area contributed by atoms with Crippen molar-refractivity contribution in [3.63, 3.8) is 0 Å². The normalized spacial score (nSPS) is 16.9. The smallest absolute Gasteiger partial charge is 0.279 e. The number of carbonyl (C=O) groups excluding carboxylic acids is 1. The van der Waals surface area contributed by atoms with Crippen LogP contribution in [0.1, 0.15) is 23.5 Å². The third-order valence-electron chi connectivity index (χ3n) is 3.84. The zero-order chi connectivity index (χ0) is 16.7. The predicted octanol–water partition coefficient (Wildman–Crippen LogP) is 3.28. The molecule has 0 radical (unpaired) electrons. The number of hydrogen-bond donors (Lipinski definition) is 1. The summed E-state index contributed by atoms with van der Waals surface area (Å²) in [5, 5.41) is 4.05. The zero-order valence-corrected chi connectivity index (χ0v) is 14.7. The Hall–Kier alpha value is -1.50. The van der Waals surface area contributed by atoms with Crippen LogP contribution in [0.4, 0.5) is 5.82 Å². The molecular weight excluding hydrogens is 357 g/mol. The summed E-state index contributed by atoms with van der Waals surface area (Å²) >= 11 is 13.7. The Morgan fingerprint density at radius 3 is 2.78 bits per heavy atom. The standard InChI is InChI=1S/C15H13Cl2N3O2S/c1-20-13-11(14(22)19-15(20)23-2)8(6-10(21)18-13)7-4-3-5-9(16)12(7)17/h3-5,8H,6H2,1-2H3,(H,18,21)/t8-/m0/s1. The van der Waals surface area contributed by atoms with Crippen molar-refractivity contribution in [2.75, 3.05) is 11.6 Å². The molecule has 23 heavy (non-hydrogen) atoms. The molecule has 0 saturated heterocycles. The van der Waals surface area contributed by atoms with Crippen molar-refractivity contribution in [1.82, 2.24) is 9.55 Å². The second kappa shape index (κ2) is 6.19. The number of halogens is 2. The van der Waals surface area contributed by atoms with Crippen LogP contribution in [0.5, 0.6) is 0 Å². The van der Waals surface area contributed by atoms with Crippen molar-refractivity contribution >= 4 is 46.7 Å². The first-order chi connectivity index (χ1) is 10.9. The lowest BCUT2D eigenvalue weighted by Crippen LogP contribution is -2.33. The van der Waals surface area contributed by atoms with Gasteiger partial charge in [-0.3, -0.25) is 9.59 Å². The molecule has 1 amide bonds. The molecule has 0 fully saturated rings. The van der Waals surface area contributed by atoms with Crippen molar-refractivity contribution in [1.29, 1.82) is 0 Å². The SMILES string of the molecule is CSc1nc(=O)c2c(n1C)NC(=O)C[C@H]2c1cccc(Cl)c1Cl. The molecule has 0 saturated carbocycles. The molecule has 1 N–H and O–H groups in total. The highest BCUT2D eigenvalue weighted by Crippen LogP contribution is 2.40. The summed E-state index contributed by atoms with van der Waals surface area (Å²) in [6.45, 7) is 0. The molecule has 1 aromatic heterocycles. The van der Waals surface area contributed by atoms with E-state index in [1.165, 1.54) is 11.8 Å². The minimum Gasteiger partial charge on any atom is -0.312 e. The van der Waals surface area contributed by atoms with Crippen molar-refractivity contribution in [2.45, 2.75) is 17.5 Å². The summed E-state index contributed by atoms with van der Waals surface area (Å²) in [4.78, 5) is 28.8. The van der Waals surface area contributed by atoms with Gasteiger partial charge >= 0.3 is 0 Å². The average Bonchev–Trinajstić information content (AvgIpc) is 2.52. The summed E-state index contributed by atoms with van der Waals surface area (Å²) in [5.74, 6) is -0.175. The van der Waals surface area contributed by atoms with E-state index in [0.29, 0.717) is 32.1 Å². The van der Waals surface area contributed by atoms with Gasteiger partial charge in [-0.25, -0.2) is 0 Å². The molecule has 0 bridgehead atoms. The minimum absolute atomic E-state index is 0.128. The molecule has 1 aliphatic heterocycles. The Labute approximate surface area is 147 Å². The summed E-state index contributed by atoms with van der Waals surface area (Å²) < 4.78 is 1.71. The molecule has 120 valence electrons. The van der Waals surface area contributed by atoms with E-state index in [9.17, 15) is 9.59 Å². The van der Waals surface area contributed by atoms with E-state index >= 15 is 0 Å². The Balaban J connectivity index is 2.28. The maximum Gasteiger partial charge on any atom is 0.279 e. The van der Waals surface area contributed by atoms with Gasteiger partial charge in [0.2, 0.25) is 5.91 Å².